The lowest BCUT2D eigenvalue weighted by Crippen LogP contribution is -2.15. The van der Waals surface area contributed by atoms with E-state index in [1.54, 1.807) is 37.3 Å². The largest absolute Gasteiger partial charge is 0.493 e. The summed E-state index contributed by atoms with van der Waals surface area (Å²) in [5.74, 6) is -0.476. The van der Waals surface area contributed by atoms with Crippen LogP contribution in [0.3, 0.4) is 0 Å². The molecule has 1 N–H and O–H groups in total. The molecule has 7 nitrogen and oxygen atoms in total. The van der Waals surface area contributed by atoms with Crippen LogP contribution in [0.1, 0.15) is 12.5 Å². The van der Waals surface area contributed by atoms with Crippen LogP contribution >= 0.6 is 45.8 Å². The number of methoxy groups -OCH3 is 1. The van der Waals surface area contributed by atoms with E-state index in [0.29, 0.717) is 20.6 Å². The minimum absolute atomic E-state index is 0.158. The Balaban J connectivity index is 2.28. The zero-order chi connectivity index (χ0) is 23.0. The Kier molecular flexibility index (Phi) is 9.43. The van der Waals surface area contributed by atoms with Gasteiger partial charge >= 0.3 is 5.97 Å². The van der Waals surface area contributed by atoms with Crippen LogP contribution in [0.4, 0.5) is 5.69 Å². The van der Waals surface area contributed by atoms with Gasteiger partial charge in [0.1, 0.15) is 11.6 Å². The standard InChI is InChI=1S/C21H17Cl2IN2O5/c1-3-30-18(27)11-31-20-15(24)8-12(9-17(20)29-2)7-13(10-25)21(28)26-16-6-4-5-14(22)19(16)23/h4-9H,3,11H2,1-2H3,(H,26,28)/b13-7-. The minimum atomic E-state index is -0.650. The first-order valence-corrected chi connectivity index (χ1v) is 10.7. The van der Waals surface area contributed by atoms with E-state index in [1.807, 2.05) is 28.7 Å². The maximum Gasteiger partial charge on any atom is 0.344 e. The van der Waals surface area contributed by atoms with Gasteiger partial charge in [-0.05, 0) is 65.4 Å². The van der Waals surface area contributed by atoms with Crippen molar-refractivity contribution in [1.29, 1.82) is 5.26 Å². The Bertz CT molecular complexity index is 1070. The maximum atomic E-state index is 12.5. The monoisotopic (exact) mass is 574 g/mol. The van der Waals surface area contributed by atoms with Gasteiger partial charge in [-0.1, -0.05) is 29.3 Å². The number of rotatable bonds is 8. The number of hydrogen-bond acceptors (Lipinski definition) is 6. The number of carbonyl (C=O) groups is 2. The molecule has 0 fully saturated rings. The number of benzene rings is 2. The van der Waals surface area contributed by atoms with Crippen LogP contribution in [-0.4, -0.2) is 32.2 Å². The highest BCUT2D eigenvalue weighted by molar-refractivity contribution is 14.1. The van der Waals surface area contributed by atoms with E-state index in [-0.39, 0.29) is 34.5 Å². The van der Waals surface area contributed by atoms with Gasteiger partial charge in [-0.3, -0.25) is 4.79 Å². The summed E-state index contributed by atoms with van der Waals surface area (Å²) in [7, 11) is 1.44. The third-order valence-electron chi connectivity index (χ3n) is 3.77. The van der Waals surface area contributed by atoms with E-state index in [4.69, 9.17) is 37.4 Å². The average Bonchev–Trinajstić information content (AvgIpc) is 2.74. The summed E-state index contributed by atoms with van der Waals surface area (Å²) in [6.07, 6.45) is 1.40. The maximum absolute atomic E-state index is 12.5. The molecule has 0 aliphatic heterocycles. The van der Waals surface area contributed by atoms with Crippen molar-refractivity contribution in [2.45, 2.75) is 6.92 Å². The quantitative estimate of drug-likeness (QED) is 0.204. The fraction of sp³-hybridized carbons (Fsp3) is 0.190. The Morgan fingerprint density at radius 2 is 2.03 bits per heavy atom. The van der Waals surface area contributed by atoms with E-state index < -0.39 is 11.9 Å². The van der Waals surface area contributed by atoms with Gasteiger partial charge in [-0.2, -0.15) is 5.26 Å². The van der Waals surface area contributed by atoms with Crippen molar-refractivity contribution in [1.82, 2.24) is 0 Å². The predicted molar refractivity (Wildman–Crippen MR) is 127 cm³/mol. The smallest absolute Gasteiger partial charge is 0.344 e. The summed E-state index contributed by atoms with van der Waals surface area (Å²) in [5, 5.41) is 12.5. The van der Waals surface area contributed by atoms with Crippen LogP contribution < -0.4 is 14.8 Å². The lowest BCUT2D eigenvalue weighted by Gasteiger charge is -2.13. The summed E-state index contributed by atoms with van der Waals surface area (Å²) < 4.78 is 16.3. The second-order valence-corrected chi connectivity index (χ2v) is 7.80. The van der Waals surface area contributed by atoms with Crippen LogP contribution in [0.2, 0.25) is 10.0 Å². The number of esters is 1. The highest BCUT2D eigenvalue weighted by Crippen LogP contribution is 2.35. The first-order valence-electron chi connectivity index (χ1n) is 8.83. The molecule has 2 aromatic rings. The molecule has 0 aliphatic carbocycles. The van der Waals surface area contributed by atoms with Gasteiger partial charge < -0.3 is 19.5 Å². The lowest BCUT2D eigenvalue weighted by molar-refractivity contribution is -0.145. The Hall–Kier alpha value is -2.48. The summed E-state index contributed by atoms with van der Waals surface area (Å²) >= 11 is 14.0. The number of hydrogen-bond donors (Lipinski definition) is 1. The molecule has 31 heavy (non-hydrogen) atoms. The predicted octanol–water partition coefficient (Wildman–Crippen LogP) is 5.09. The molecule has 0 spiro atoms. The second kappa shape index (κ2) is 11.8. The zero-order valence-electron chi connectivity index (χ0n) is 16.5. The highest BCUT2D eigenvalue weighted by Gasteiger charge is 2.16. The normalized spacial score (nSPS) is 10.8. The summed E-state index contributed by atoms with van der Waals surface area (Å²) in [6.45, 7) is 1.67. The van der Waals surface area contributed by atoms with E-state index in [2.05, 4.69) is 5.32 Å². The Morgan fingerprint density at radius 3 is 2.68 bits per heavy atom. The van der Waals surface area contributed by atoms with Gasteiger partial charge in [0, 0.05) is 0 Å². The van der Waals surface area contributed by atoms with Crippen LogP contribution in [-0.2, 0) is 14.3 Å². The average molecular weight is 575 g/mol. The van der Waals surface area contributed by atoms with Crippen molar-refractivity contribution < 1.29 is 23.8 Å². The molecule has 0 radical (unpaired) electrons. The van der Waals surface area contributed by atoms with Crippen molar-refractivity contribution in [2.75, 3.05) is 25.6 Å². The second-order valence-electron chi connectivity index (χ2n) is 5.85. The third kappa shape index (κ3) is 6.75. The molecular weight excluding hydrogens is 558 g/mol. The highest BCUT2D eigenvalue weighted by atomic mass is 127. The van der Waals surface area contributed by atoms with Crippen molar-refractivity contribution in [3.05, 3.63) is 55.1 Å². The number of ether oxygens (including phenoxy) is 3. The fourth-order valence-corrected chi connectivity index (χ4v) is 3.53. The van der Waals surface area contributed by atoms with Gasteiger partial charge in [0.05, 0.1) is 33.0 Å². The van der Waals surface area contributed by atoms with Crippen LogP contribution in [0.5, 0.6) is 11.5 Å². The zero-order valence-corrected chi connectivity index (χ0v) is 20.2. The molecule has 10 heteroatoms. The van der Waals surface area contributed by atoms with E-state index >= 15 is 0 Å². The minimum Gasteiger partial charge on any atom is -0.493 e. The number of nitriles is 1. The van der Waals surface area contributed by atoms with Gasteiger partial charge in [-0.25, -0.2) is 4.79 Å². The third-order valence-corrected chi connectivity index (χ3v) is 5.39. The van der Waals surface area contributed by atoms with Crippen LogP contribution in [0, 0.1) is 14.9 Å². The van der Waals surface area contributed by atoms with E-state index in [1.165, 1.54) is 13.2 Å². The summed E-state index contributed by atoms with van der Waals surface area (Å²) in [6, 6.07) is 9.91. The molecule has 2 aromatic carbocycles. The van der Waals surface area contributed by atoms with Crippen molar-refractivity contribution >= 4 is 69.4 Å². The number of halogens is 3. The van der Waals surface area contributed by atoms with E-state index in [9.17, 15) is 14.9 Å². The van der Waals surface area contributed by atoms with Crippen molar-refractivity contribution in [3.63, 3.8) is 0 Å². The van der Waals surface area contributed by atoms with Gasteiger partial charge in [0.2, 0.25) is 0 Å². The molecule has 0 saturated heterocycles. The summed E-state index contributed by atoms with van der Waals surface area (Å²) in [5.41, 5.74) is 0.651. The molecule has 0 saturated carbocycles. The molecule has 0 atom stereocenters. The molecule has 0 heterocycles. The van der Waals surface area contributed by atoms with Crippen LogP contribution in [0.25, 0.3) is 6.08 Å². The molecule has 162 valence electrons. The van der Waals surface area contributed by atoms with Crippen molar-refractivity contribution in [3.8, 4) is 17.6 Å². The lowest BCUT2D eigenvalue weighted by atomic mass is 10.1. The van der Waals surface area contributed by atoms with Gasteiger partial charge in [0.15, 0.2) is 18.1 Å². The summed E-state index contributed by atoms with van der Waals surface area (Å²) in [4.78, 5) is 24.1. The Labute approximate surface area is 203 Å². The molecule has 1 amide bonds. The number of nitrogens with one attached hydrogen (secondary N) is 1. The molecular formula is C21H17Cl2IN2O5. The molecule has 0 aliphatic rings. The van der Waals surface area contributed by atoms with Crippen molar-refractivity contribution in [2.24, 2.45) is 0 Å². The number of carbonyl (C=O) groups excluding carboxylic acids is 2. The number of anilines is 1. The molecule has 0 bridgehead atoms. The number of nitrogens with zero attached hydrogens (tertiary/aromatic N) is 1. The first kappa shape index (κ1) is 24.8. The van der Waals surface area contributed by atoms with Gasteiger partial charge in [-0.15, -0.1) is 0 Å². The SMILES string of the molecule is CCOC(=O)COc1c(I)cc(/C=C(/C#N)C(=O)Nc2cccc(Cl)c2Cl)cc1OC. The van der Waals surface area contributed by atoms with E-state index in [0.717, 1.165) is 0 Å². The van der Waals surface area contributed by atoms with Crippen LogP contribution in [0.15, 0.2) is 35.9 Å². The molecule has 0 aromatic heterocycles. The fourth-order valence-electron chi connectivity index (χ4n) is 2.40. The first-order chi connectivity index (χ1) is 14.8. The molecule has 0 unspecified atom stereocenters. The topological polar surface area (TPSA) is 97.7 Å². The number of amides is 1. The molecule has 2 rings (SSSR count). The van der Waals surface area contributed by atoms with Gasteiger partial charge in [0.25, 0.3) is 5.91 Å². The Morgan fingerprint density at radius 1 is 1.29 bits per heavy atom.